The SMILES string of the molecule is CCC1(CC)CCN(c2c(F)cc(C(N)=S)cc2F)C1. The maximum Gasteiger partial charge on any atom is 0.150 e. The lowest BCUT2D eigenvalue weighted by Gasteiger charge is -2.27. The third-order valence-corrected chi connectivity index (χ3v) is 4.79. The standard InChI is InChI=1S/C15H20F2N2S/c1-3-15(4-2)5-6-19(9-15)13-11(16)7-10(14(18)20)8-12(13)17/h7-8H,3-6,9H2,1-2H3,(H2,18,20). The zero-order valence-corrected chi connectivity index (χ0v) is 12.7. The quantitative estimate of drug-likeness (QED) is 0.861. The molecule has 0 atom stereocenters. The van der Waals surface area contributed by atoms with E-state index < -0.39 is 11.6 Å². The average molecular weight is 298 g/mol. The minimum atomic E-state index is -0.587. The molecule has 1 aromatic carbocycles. The summed E-state index contributed by atoms with van der Waals surface area (Å²) in [5.74, 6) is -1.17. The topological polar surface area (TPSA) is 29.3 Å². The second-order valence-electron chi connectivity index (χ2n) is 5.53. The van der Waals surface area contributed by atoms with Crippen LogP contribution in [0.5, 0.6) is 0 Å². The molecule has 2 rings (SSSR count). The number of hydrogen-bond donors (Lipinski definition) is 1. The van der Waals surface area contributed by atoms with Gasteiger partial charge in [-0.2, -0.15) is 0 Å². The molecule has 0 saturated carbocycles. The van der Waals surface area contributed by atoms with E-state index in [1.54, 1.807) is 4.90 Å². The maximum absolute atomic E-state index is 14.2. The van der Waals surface area contributed by atoms with E-state index in [1.807, 2.05) is 0 Å². The summed E-state index contributed by atoms with van der Waals surface area (Å²) < 4.78 is 28.4. The number of halogens is 2. The van der Waals surface area contributed by atoms with Crippen LogP contribution in [-0.2, 0) is 0 Å². The summed E-state index contributed by atoms with van der Waals surface area (Å²) in [5.41, 5.74) is 5.87. The molecular weight excluding hydrogens is 278 g/mol. The van der Waals surface area contributed by atoms with Crippen molar-refractivity contribution in [1.82, 2.24) is 0 Å². The minimum absolute atomic E-state index is 0.00670. The molecule has 0 spiro atoms. The Hall–Kier alpha value is -1.23. The van der Waals surface area contributed by atoms with Crippen molar-refractivity contribution in [3.05, 3.63) is 29.3 Å². The first-order valence-corrected chi connectivity index (χ1v) is 7.37. The molecule has 1 aliphatic heterocycles. The van der Waals surface area contributed by atoms with Crippen molar-refractivity contribution in [2.75, 3.05) is 18.0 Å². The molecule has 1 aliphatic rings. The lowest BCUT2D eigenvalue weighted by Crippen LogP contribution is -2.27. The van der Waals surface area contributed by atoms with Crippen LogP contribution < -0.4 is 10.6 Å². The molecule has 110 valence electrons. The Kier molecular flexibility index (Phi) is 4.28. The van der Waals surface area contributed by atoms with E-state index in [1.165, 1.54) is 12.1 Å². The van der Waals surface area contributed by atoms with Gasteiger partial charge >= 0.3 is 0 Å². The summed E-state index contributed by atoms with van der Waals surface area (Å²) in [4.78, 5) is 1.81. The maximum atomic E-state index is 14.2. The highest BCUT2D eigenvalue weighted by atomic mass is 32.1. The zero-order valence-electron chi connectivity index (χ0n) is 11.9. The van der Waals surface area contributed by atoms with Gasteiger partial charge in [0, 0.05) is 18.7 Å². The molecule has 2 nitrogen and oxygen atoms in total. The molecule has 1 saturated heterocycles. The van der Waals surface area contributed by atoms with Crippen LogP contribution in [-0.4, -0.2) is 18.1 Å². The Balaban J connectivity index is 2.33. The van der Waals surface area contributed by atoms with Crippen molar-refractivity contribution in [3.63, 3.8) is 0 Å². The number of nitrogens with two attached hydrogens (primary N) is 1. The fourth-order valence-electron chi connectivity index (χ4n) is 2.96. The predicted octanol–water partition coefficient (Wildman–Crippen LogP) is 3.62. The Labute approximate surface area is 123 Å². The fourth-order valence-corrected chi connectivity index (χ4v) is 3.08. The highest BCUT2D eigenvalue weighted by molar-refractivity contribution is 7.80. The Morgan fingerprint density at radius 2 is 1.85 bits per heavy atom. The van der Waals surface area contributed by atoms with Crippen LogP contribution in [0.2, 0.25) is 0 Å². The number of benzene rings is 1. The van der Waals surface area contributed by atoms with E-state index >= 15 is 0 Å². The first kappa shape index (κ1) is 15.2. The molecule has 5 heteroatoms. The van der Waals surface area contributed by atoms with Crippen LogP contribution >= 0.6 is 12.2 Å². The average Bonchev–Trinajstić information content (AvgIpc) is 2.82. The van der Waals surface area contributed by atoms with Gasteiger partial charge in [0.25, 0.3) is 0 Å². The van der Waals surface area contributed by atoms with E-state index in [9.17, 15) is 8.78 Å². The third kappa shape index (κ3) is 2.64. The van der Waals surface area contributed by atoms with Gasteiger partial charge in [-0.25, -0.2) is 8.78 Å². The van der Waals surface area contributed by atoms with E-state index in [-0.39, 0.29) is 21.7 Å². The predicted molar refractivity (Wildman–Crippen MR) is 82.1 cm³/mol. The normalized spacial score (nSPS) is 17.5. The molecule has 1 fully saturated rings. The van der Waals surface area contributed by atoms with Crippen molar-refractivity contribution in [1.29, 1.82) is 0 Å². The van der Waals surface area contributed by atoms with Gasteiger partial charge in [-0.15, -0.1) is 0 Å². The van der Waals surface area contributed by atoms with E-state index in [4.69, 9.17) is 18.0 Å². The third-order valence-electron chi connectivity index (χ3n) is 4.56. The fraction of sp³-hybridized carbons (Fsp3) is 0.533. The summed E-state index contributed by atoms with van der Waals surface area (Å²) in [7, 11) is 0. The summed E-state index contributed by atoms with van der Waals surface area (Å²) in [6, 6.07) is 2.44. The second-order valence-corrected chi connectivity index (χ2v) is 5.97. The number of rotatable bonds is 4. The molecule has 0 bridgehead atoms. The Morgan fingerprint density at radius 1 is 1.30 bits per heavy atom. The summed E-state index contributed by atoms with van der Waals surface area (Å²) in [5, 5.41) is 0. The molecule has 0 aromatic heterocycles. The van der Waals surface area contributed by atoms with Crippen LogP contribution in [0.1, 0.15) is 38.7 Å². The molecule has 0 amide bonds. The van der Waals surface area contributed by atoms with E-state index in [0.717, 1.165) is 19.3 Å². The second kappa shape index (κ2) is 5.64. The monoisotopic (exact) mass is 298 g/mol. The van der Waals surface area contributed by atoms with Gasteiger partial charge in [0.1, 0.15) is 22.3 Å². The summed E-state index contributed by atoms with van der Waals surface area (Å²) >= 11 is 4.76. The molecule has 0 unspecified atom stereocenters. The zero-order chi connectivity index (χ0) is 14.9. The summed E-state index contributed by atoms with van der Waals surface area (Å²) in [6.07, 6.45) is 3.01. The Bertz CT molecular complexity index is 504. The highest BCUT2D eigenvalue weighted by Gasteiger charge is 2.36. The lowest BCUT2D eigenvalue weighted by molar-refractivity contribution is 0.301. The van der Waals surface area contributed by atoms with Crippen molar-refractivity contribution < 1.29 is 8.78 Å². The van der Waals surface area contributed by atoms with Crippen LogP contribution in [0.15, 0.2) is 12.1 Å². The van der Waals surface area contributed by atoms with Crippen molar-refractivity contribution in [3.8, 4) is 0 Å². The van der Waals surface area contributed by atoms with Gasteiger partial charge < -0.3 is 10.6 Å². The Morgan fingerprint density at radius 3 is 2.25 bits per heavy atom. The molecule has 20 heavy (non-hydrogen) atoms. The van der Waals surface area contributed by atoms with Crippen LogP contribution in [0, 0.1) is 17.0 Å². The van der Waals surface area contributed by atoms with Crippen molar-refractivity contribution in [2.24, 2.45) is 11.1 Å². The smallest absolute Gasteiger partial charge is 0.150 e. The van der Waals surface area contributed by atoms with Gasteiger partial charge in [-0.1, -0.05) is 26.1 Å². The van der Waals surface area contributed by atoms with Crippen LogP contribution in [0.3, 0.4) is 0 Å². The molecular formula is C15H20F2N2S. The van der Waals surface area contributed by atoms with Gasteiger partial charge in [0.15, 0.2) is 0 Å². The summed E-state index contributed by atoms with van der Waals surface area (Å²) in [6.45, 7) is 5.65. The van der Waals surface area contributed by atoms with Gasteiger partial charge in [-0.3, -0.25) is 0 Å². The van der Waals surface area contributed by atoms with Gasteiger partial charge in [0.05, 0.1) is 0 Å². The molecule has 0 aliphatic carbocycles. The van der Waals surface area contributed by atoms with Crippen molar-refractivity contribution >= 4 is 22.9 Å². The van der Waals surface area contributed by atoms with Gasteiger partial charge in [0.2, 0.25) is 0 Å². The molecule has 1 heterocycles. The molecule has 0 radical (unpaired) electrons. The highest BCUT2D eigenvalue weighted by Crippen LogP contribution is 2.40. The number of hydrogen-bond acceptors (Lipinski definition) is 2. The van der Waals surface area contributed by atoms with Crippen molar-refractivity contribution in [2.45, 2.75) is 33.1 Å². The molecule has 2 N–H and O–H groups in total. The van der Waals surface area contributed by atoms with E-state index in [2.05, 4.69) is 13.8 Å². The first-order valence-electron chi connectivity index (χ1n) is 6.96. The number of nitrogens with zero attached hydrogens (tertiary/aromatic N) is 1. The largest absolute Gasteiger partial charge is 0.389 e. The van der Waals surface area contributed by atoms with E-state index in [0.29, 0.717) is 13.1 Å². The lowest BCUT2D eigenvalue weighted by atomic mass is 9.82. The van der Waals surface area contributed by atoms with Crippen LogP contribution in [0.4, 0.5) is 14.5 Å². The van der Waals surface area contributed by atoms with Crippen LogP contribution in [0.25, 0.3) is 0 Å². The first-order chi connectivity index (χ1) is 9.42. The number of thiocarbonyl (C=S) groups is 1. The number of anilines is 1. The minimum Gasteiger partial charge on any atom is -0.389 e. The molecule has 1 aromatic rings. The van der Waals surface area contributed by atoms with Gasteiger partial charge in [-0.05, 0) is 36.8 Å².